The summed E-state index contributed by atoms with van der Waals surface area (Å²) in [5.41, 5.74) is 4.12. The Balaban J connectivity index is 1.98. The van der Waals surface area contributed by atoms with Crippen LogP contribution in [0.1, 0.15) is 22.3 Å². The summed E-state index contributed by atoms with van der Waals surface area (Å²) in [5.74, 6) is -0.182. The molecule has 1 fully saturated rings. The average Bonchev–Trinajstić information content (AvgIpc) is 3.52. The van der Waals surface area contributed by atoms with Gasteiger partial charge in [-0.2, -0.15) is 0 Å². The summed E-state index contributed by atoms with van der Waals surface area (Å²) in [5, 5.41) is 0. The molecule has 2 atom stereocenters. The lowest BCUT2D eigenvalue weighted by atomic mass is 9.76. The Kier molecular flexibility index (Phi) is 4.54. The lowest BCUT2D eigenvalue weighted by molar-refractivity contribution is -0.141. The average molecular weight is 357 g/mol. The Morgan fingerprint density at radius 1 is 0.852 bits per heavy atom. The van der Waals surface area contributed by atoms with Crippen molar-refractivity contribution in [3.8, 4) is 0 Å². The zero-order chi connectivity index (χ0) is 18.9. The molecule has 1 unspecified atom stereocenters. The molecule has 1 saturated heterocycles. The van der Waals surface area contributed by atoms with Crippen molar-refractivity contribution in [1.29, 1.82) is 0 Å². The quantitative estimate of drug-likeness (QED) is 0.390. The molecule has 4 rings (SSSR count). The number of ether oxygens (including phenoxy) is 1. The molecule has 27 heavy (non-hydrogen) atoms. The number of benzene rings is 3. The maximum atomic E-state index is 12.3. The largest absolute Gasteiger partial charge is 0.468 e. The number of hydrogen-bond acceptors (Lipinski definition) is 3. The highest BCUT2D eigenvalue weighted by Gasteiger charge is 2.56. The molecule has 0 N–H and O–H groups in total. The van der Waals surface area contributed by atoms with Crippen molar-refractivity contribution in [3.63, 3.8) is 0 Å². The van der Waals surface area contributed by atoms with E-state index in [0.29, 0.717) is 6.54 Å². The van der Waals surface area contributed by atoms with Gasteiger partial charge in [0.25, 0.3) is 0 Å². The summed E-state index contributed by atoms with van der Waals surface area (Å²) in [6, 6.07) is 29.2. The minimum absolute atomic E-state index is 0.182. The van der Waals surface area contributed by atoms with Crippen LogP contribution in [0.2, 0.25) is 0 Å². The third kappa shape index (κ3) is 2.94. The van der Waals surface area contributed by atoms with E-state index in [9.17, 15) is 4.79 Å². The van der Waals surface area contributed by atoms with Crippen LogP contribution >= 0.6 is 0 Å². The predicted molar refractivity (Wildman–Crippen MR) is 106 cm³/mol. The van der Waals surface area contributed by atoms with E-state index in [1.165, 1.54) is 12.7 Å². The van der Waals surface area contributed by atoms with Crippen LogP contribution in [0, 0.1) is 6.92 Å². The molecule has 0 radical (unpaired) electrons. The van der Waals surface area contributed by atoms with Crippen molar-refractivity contribution in [2.24, 2.45) is 0 Å². The number of rotatable bonds is 5. The van der Waals surface area contributed by atoms with Gasteiger partial charge in [0.15, 0.2) is 0 Å². The molecular weight excluding hydrogens is 334 g/mol. The van der Waals surface area contributed by atoms with Crippen molar-refractivity contribution in [2.45, 2.75) is 18.5 Å². The van der Waals surface area contributed by atoms with E-state index >= 15 is 0 Å². The van der Waals surface area contributed by atoms with E-state index in [4.69, 9.17) is 4.74 Å². The molecule has 3 aromatic rings. The molecule has 1 aliphatic rings. The Morgan fingerprint density at radius 2 is 1.33 bits per heavy atom. The van der Waals surface area contributed by atoms with Crippen LogP contribution in [0.3, 0.4) is 0 Å². The Labute approximate surface area is 160 Å². The van der Waals surface area contributed by atoms with Gasteiger partial charge in [-0.05, 0) is 23.6 Å². The van der Waals surface area contributed by atoms with E-state index in [1.54, 1.807) is 0 Å². The van der Waals surface area contributed by atoms with Crippen LogP contribution in [0.4, 0.5) is 0 Å². The van der Waals surface area contributed by atoms with Gasteiger partial charge in [-0.3, -0.25) is 9.69 Å². The number of aryl methyl sites for hydroxylation is 1. The van der Waals surface area contributed by atoms with Gasteiger partial charge in [0.2, 0.25) is 0 Å². The third-order valence-electron chi connectivity index (χ3n) is 5.37. The summed E-state index contributed by atoms with van der Waals surface area (Å²) in [6.45, 7) is 2.76. The molecule has 1 aliphatic heterocycles. The topological polar surface area (TPSA) is 29.3 Å². The van der Waals surface area contributed by atoms with Crippen LogP contribution in [0.5, 0.6) is 0 Å². The number of esters is 1. The summed E-state index contributed by atoms with van der Waals surface area (Å²) >= 11 is 0. The molecule has 3 aromatic carbocycles. The van der Waals surface area contributed by atoms with Gasteiger partial charge in [-0.15, -0.1) is 0 Å². The van der Waals surface area contributed by atoms with E-state index in [-0.39, 0.29) is 12.0 Å². The zero-order valence-corrected chi connectivity index (χ0v) is 15.6. The van der Waals surface area contributed by atoms with Crippen LogP contribution in [-0.4, -0.2) is 30.6 Å². The van der Waals surface area contributed by atoms with Gasteiger partial charge in [0.05, 0.1) is 12.6 Å². The Bertz CT molecular complexity index is 880. The molecule has 3 nitrogen and oxygen atoms in total. The molecule has 1 heterocycles. The second kappa shape index (κ2) is 7.01. The van der Waals surface area contributed by atoms with Gasteiger partial charge in [-0.1, -0.05) is 90.5 Å². The molecular formula is C24H23NO2. The molecule has 0 spiro atoms. The number of methoxy groups -OCH3 is 1. The standard InChI is InChI=1S/C24H23NO2/c1-18-13-15-21(16-14-18)24(19-9-5-3-6-10-19,20-11-7-4-8-12-20)25-17-22(25)23(26)27-2/h3-16,22H,17H2,1-2H3/t22-,25?/m0/s1. The SMILES string of the molecule is COC(=O)[C@@H]1CN1C(c1ccccc1)(c1ccccc1)c1ccc(C)cc1. The molecule has 0 aromatic heterocycles. The highest BCUT2D eigenvalue weighted by Crippen LogP contribution is 2.48. The highest BCUT2D eigenvalue weighted by molar-refractivity contribution is 5.80. The fourth-order valence-electron chi connectivity index (χ4n) is 4.00. The maximum absolute atomic E-state index is 12.3. The van der Waals surface area contributed by atoms with Crippen molar-refractivity contribution in [3.05, 3.63) is 107 Å². The van der Waals surface area contributed by atoms with E-state index in [2.05, 4.69) is 84.6 Å². The molecule has 0 amide bonds. The van der Waals surface area contributed by atoms with Gasteiger partial charge in [0, 0.05) is 6.54 Å². The summed E-state index contributed by atoms with van der Waals surface area (Å²) < 4.78 is 5.05. The van der Waals surface area contributed by atoms with Gasteiger partial charge < -0.3 is 4.74 Å². The highest BCUT2D eigenvalue weighted by atomic mass is 16.5. The van der Waals surface area contributed by atoms with Gasteiger partial charge in [-0.25, -0.2) is 0 Å². The lowest BCUT2D eigenvalue weighted by Crippen LogP contribution is -2.40. The summed E-state index contributed by atoms with van der Waals surface area (Å²) in [4.78, 5) is 14.5. The summed E-state index contributed by atoms with van der Waals surface area (Å²) in [7, 11) is 1.46. The van der Waals surface area contributed by atoms with Crippen molar-refractivity contribution in [1.82, 2.24) is 4.90 Å². The lowest BCUT2D eigenvalue weighted by Gasteiger charge is -2.38. The van der Waals surface area contributed by atoms with Crippen LogP contribution in [0.25, 0.3) is 0 Å². The minimum atomic E-state index is -0.533. The second-order valence-corrected chi connectivity index (χ2v) is 7.00. The monoisotopic (exact) mass is 357 g/mol. The first-order valence-electron chi connectivity index (χ1n) is 9.20. The van der Waals surface area contributed by atoms with Crippen LogP contribution in [-0.2, 0) is 15.1 Å². The number of carbonyl (C=O) groups excluding carboxylic acids is 1. The first-order chi connectivity index (χ1) is 13.2. The second-order valence-electron chi connectivity index (χ2n) is 7.00. The minimum Gasteiger partial charge on any atom is -0.468 e. The van der Waals surface area contributed by atoms with Crippen LogP contribution < -0.4 is 0 Å². The fraction of sp³-hybridized carbons (Fsp3) is 0.208. The number of nitrogens with zero attached hydrogens (tertiary/aromatic N) is 1. The summed E-state index contributed by atoms with van der Waals surface area (Å²) in [6.07, 6.45) is 0. The normalized spacial score (nSPS) is 18.7. The molecule has 0 bridgehead atoms. The number of hydrogen-bond donors (Lipinski definition) is 0. The molecule has 3 heteroatoms. The van der Waals surface area contributed by atoms with E-state index in [1.807, 2.05) is 12.1 Å². The zero-order valence-electron chi connectivity index (χ0n) is 15.6. The third-order valence-corrected chi connectivity index (χ3v) is 5.37. The number of carbonyl (C=O) groups is 1. The van der Waals surface area contributed by atoms with Gasteiger partial charge >= 0.3 is 5.97 Å². The van der Waals surface area contributed by atoms with E-state index in [0.717, 1.165) is 16.7 Å². The predicted octanol–water partition coefficient (Wildman–Crippen LogP) is 4.14. The van der Waals surface area contributed by atoms with Gasteiger partial charge in [0.1, 0.15) is 6.04 Å². The fourth-order valence-corrected chi connectivity index (χ4v) is 4.00. The molecule has 136 valence electrons. The molecule has 0 aliphatic carbocycles. The Morgan fingerprint density at radius 3 is 1.81 bits per heavy atom. The van der Waals surface area contributed by atoms with Crippen LogP contribution in [0.15, 0.2) is 84.9 Å². The first kappa shape index (κ1) is 17.5. The van der Waals surface area contributed by atoms with Crippen molar-refractivity contribution < 1.29 is 9.53 Å². The van der Waals surface area contributed by atoms with Crippen molar-refractivity contribution in [2.75, 3.05) is 13.7 Å². The van der Waals surface area contributed by atoms with Crippen molar-refractivity contribution >= 4 is 5.97 Å². The molecule has 0 saturated carbocycles. The Hall–Kier alpha value is -2.91. The first-order valence-corrected chi connectivity index (χ1v) is 9.20. The van der Waals surface area contributed by atoms with E-state index < -0.39 is 5.54 Å². The smallest absolute Gasteiger partial charge is 0.324 e. The maximum Gasteiger partial charge on any atom is 0.324 e.